The molecule has 0 radical (unpaired) electrons. The van der Waals surface area contributed by atoms with Crippen LogP contribution < -0.4 is 4.74 Å². The van der Waals surface area contributed by atoms with Crippen LogP contribution >= 0.6 is 11.3 Å². The summed E-state index contributed by atoms with van der Waals surface area (Å²) in [5.41, 5.74) is 3.13. The Balaban J connectivity index is 1.30. The second-order valence-corrected chi connectivity index (χ2v) is 8.58. The number of ether oxygens (including phenoxy) is 1. The van der Waals surface area contributed by atoms with Gasteiger partial charge in [0.15, 0.2) is 5.78 Å². The van der Waals surface area contributed by atoms with Crippen molar-refractivity contribution in [1.29, 1.82) is 0 Å². The number of aromatic amines is 1. The summed E-state index contributed by atoms with van der Waals surface area (Å²) in [6.45, 7) is 3.03. The Hall–Kier alpha value is -3.12. The number of rotatable bonds is 9. The Morgan fingerprint density at radius 2 is 2.10 bits per heavy atom. The van der Waals surface area contributed by atoms with Crippen molar-refractivity contribution in [2.45, 2.75) is 26.2 Å². The minimum atomic E-state index is 0.136. The molecule has 3 heterocycles. The highest BCUT2D eigenvalue weighted by atomic mass is 32.1. The molecule has 154 valence electrons. The maximum atomic E-state index is 12.5. The van der Waals surface area contributed by atoms with E-state index in [4.69, 9.17) is 4.74 Å². The topological polar surface area (TPSA) is 58.2 Å². The Labute approximate surface area is 180 Å². The van der Waals surface area contributed by atoms with Gasteiger partial charge in [-0.1, -0.05) is 24.3 Å². The van der Waals surface area contributed by atoms with Crippen molar-refractivity contribution in [2.24, 2.45) is 0 Å². The number of benzene rings is 1. The molecule has 30 heavy (non-hydrogen) atoms. The van der Waals surface area contributed by atoms with E-state index in [-0.39, 0.29) is 5.78 Å². The van der Waals surface area contributed by atoms with Gasteiger partial charge in [-0.15, -0.1) is 11.3 Å². The number of nitrogens with zero attached hydrogens (tertiary/aromatic N) is 2. The molecule has 0 unspecified atom stereocenters. The van der Waals surface area contributed by atoms with Crippen LogP contribution in [0.5, 0.6) is 5.75 Å². The molecule has 0 atom stereocenters. The highest BCUT2D eigenvalue weighted by Gasteiger charge is 2.15. The van der Waals surface area contributed by atoms with Crippen molar-refractivity contribution in [3.63, 3.8) is 0 Å². The summed E-state index contributed by atoms with van der Waals surface area (Å²) in [6.07, 6.45) is 8.67. The Morgan fingerprint density at radius 1 is 1.23 bits per heavy atom. The summed E-state index contributed by atoms with van der Waals surface area (Å²) < 4.78 is 5.75. The van der Waals surface area contributed by atoms with E-state index in [0.29, 0.717) is 13.2 Å². The largest absolute Gasteiger partial charge is 0.494 e. The van der Waals surface area contributed by atoms with Gasteiger partial charge in [0, 0.05) is 23.0 Å². The van der Waals surface area contributed by atoms with Crippen LogP contribution in [0.2, 0.25) is 0 Å². The fourth-order valence-corrected chi connectivity index (χ4v) is 4.13. The number of hydrogen-bond donors (Lipinski definition) is 1. The van der Waals surface area contributed by atoms with Gasteiger partial charge in [0.25, 0.3) is 0 Å². The van der Waals surface area contributed by atoms with Gasteiger partial charge in [-0.25, -0.2) is 0 Å². The van der Waals surface area contributed by atoms with Gasteiger partial charge in [0.05, 0.1) is 23.7 Å². The zero-order valence-electron chi connectivity index (χ0n) is 17.0. The number of H-pyrrole nitrogens is 1. The van der Waals surface area contributed by atoms with Crippen LogP contribution in [-0.4, -0.2) is 34.0 Å². The third-order valence-corrected chi connectivity index (χ3v) is 5.90. The molecule has 0 saturated heterocycles. The summed E-state index contributed by atoms with van der Waals surface area (Å²) in [4.78, 5) is 16.4. The first-order valence-electron chi connectivity index (χ1n) is 10.1. The molecule has 3 aromatic rings. The van der Waals surface area contributed by atoms with Gasteiger partial charge in [-0.05, 0) is 62.1 Å². The lowest BCUT2D eigenvalue weighted by Crippen LogP contribution is -2.21. The second kappa shape index (κ2) is 9.59. The molecule has 1 aliphatic rings. The number of para-hydroxylation sites is 1. The third-order valence-electron chi connectivity index (χ3n) is 4.86. The molecular formula is C24H25N3O2S. The van der Waals surface area contributed by atoms with Crippen molar-refractivity contribution in [2.75, 3.05) is 13.2 Å². The number of Topliss-reactive ketones (excluding diaryl/α,β-unsaturated/α-hetero) is 1. The molecule has 0 amide bonds. The first-order chi connectivity index (χ1) is 14.7. The number of hydrogen-bond acceptors (Lipinski definition) is 5. The molecule has 0 bridgehead atoms. The molecule has 0 saturated carbocycles. The molecule has 0 fully saturated rings. The van der Waals surface area contributed by atoms with Crippen molar-refractivity contribution in [3.8, 4) is 5.75 Å². The fourth-order valence-electron chi connectivity index (χ4n) is 3.33. The summed E-state index contributed by atoms with van der Waals surface area (Å²) in [5.74, 6) is 1.03. The molecule has 5 nitrogen and oxygen atoms in total. The van der Waals surface area contributed by atoms with Gasteiger partial charge in [-0.2, -0.15) is 5.10 Å². The average molecular weight is 420 g/mol. The lowest BCUT2D eigenvalue weighted by Gasteiger charge is -2.19. The predicted molar refractivity (Wildman–Crippen MR) is 121 cm³/mol. The lowest BCUT2D eigenvalue weighted by molar-refractivity contribution is 0.0973. The van der Waals surface area contributed by atoms with Gasteiger partial charge in [0.1, 0.15) is 5.75 Å². The average Bonchev–Trinajstić information content (AvgIpc) is 3.41. The molecule has 1 aliphatic heterocycles. The van der Waals surface area contributed by atoms with E-state index in [1.807, 2.05) is 66.7 Å². The quantitative estimate of drug-likeness (QED) is 0.381. The monoisotopic (exact) mass is 419 g/mol. The maximum Gasteiger partial charge on any atom is 0.192 e. The summed E-state index contributed by atoms with van der Waals surface area (Å²) in [7, 11) is 0. The smallest absolute Gasteiger partial charge is 0.192 e. The van der Waals surface area contributed by atoms with E-state index >= 15 is 0 Å². The Kier molecular flexibility index (Phi) is 6.44. The number of allylic oxidation sites excluding steroid dienone is 2. The molecule has 0 spiro atoms. The minimum Gasteiger partial charge on any atom is -0.494 e. The molecular weight excluding hydrogens is 394 g/mol. The third kappa shape index (κ3) is 5.27. The molecule has 1 aromatic carbocycles. The summed E-state index contributed by atoms with van der Waals surface area (Å²) in [5, 5.41) is 7.61. The Bertz CT molecular complexity index is 1050. The zero-order chi connectivity index (χ0) is 20.8. The number of aryl methyl sites for hydroxylation is 2. The lowest BCUT2D eigenvalue weighted by atomic mass is 10.1. The van der Waals surface area contributed by atoms with Gasteiger partial charge < -0.3 is 9.64 Å². The number of nitrogens with one attached hydrogen (secondary N) is 1. The second-order valence-electron chi connectivity index (χ2n) is 7.29. The van der Waals surface area contributed by atoms with E-state index in [9.17, 15) is 4.79 Å². The number of aromatic nitrogens is 2. The van der Waals surface area contributed by atoms with Gasteiger partial charge >= 0.3 is 0 Å². The fraction of sp³-hybridized carbons (Fsp3) is 0.250. The Morgan fingerprint density at radius 3 is 2.90 bits per heavy atom. The van der Waals surface area contributed by atoms with E-state index in [1.54, 1.807) is 11.3 Å². The molecule has 6 heteroatoms. The van der Waals surface area contributed by atoms with Crippen LogP contribution in [0.25, 0.3) is 5.57 Å². The van der Waals surface area contributed by atoms with Crippen molar-refractivity contribution in [3.05, 3.63) is 88.1 Å². The van der Waals surface area contributed by atoms with Crippen molar-refractivity contribution >= 4 is 22.7 Å². The van der Waals surface area contributed by atoms with Crippen LogP contribution in [0.3, 0.4) is 0 Å². The minimum absolute atomic E-state index is 0.136. The highest BCUT2D eigenvalue weighted by molar-refractivity contribution is 7.14. The molecule has 0 aliphatic carbocycles. The van der Waals surface area contributed by atoms with E-state index in [2.05, 4.69) is 22.3 Å². The van der Waals surface area contributed by atoms with Gasteiger partial charge in [-0.3, -0.25) is 9.89 Å². The summed E-state index contributed by atoms with van der Waals surface area (Å²) in [6, 6.07) is 15.8. The van der Waals surface area contributed by atoms with Crippen LogP contribution in [0.4, 0.5) is 0 Å². The molecule has 4 rings (SSSR count). The number of carbonyl (C=O) groups is 1. The van der Waals surface area contributed by atoms with E-state index in [1.165, 1.54) is 0 Å². The van der Waals surface area contributed by atoms with Crippen molar-refractivity contribution in [1.82, 2.24) is 15.1 Å². The maximum absolute atomic E-state index is 12.5. The first kappa shape index (κ1) is 20.2. The first-order valence-corrected chi connectivity index (χ1v) is 10.9. The zero-order valence-corrected chi connectivity index (χ0v) is 17.8. The highest BCUT2D eigenvalue weighted by Crippen LogP contribution is 2.23. The van der Waals surface area contributed by atoms with E-state index < -0.39 is 0 Å². The number of ketones is 1. The van der Waals surface area contributed by atoms with Crippen LogP contribution in [0.15, 0.2) is 67.0 Å². The number of carbonyl (C=O) groups excluding carboxylic acids is 1. The summed E-state index contributed by atoms with van der Waals surface area (Å²) >= 11 is 1.54. The molecule has 2 aromatic heterocycles. The van der Waals surface area contributed by atoms with Crippen LogP contribution in [0, 0.1) is 6.92 Å². The van der Waals surface area contributed by atoms with Crippen molar-refractivity contribution < 1.29 is 9.53 Å². The van der Waals surface area contributed by atoms with Crippen LogP contribution in [-0.2, 0) is 6.42 Å². The van der Waals surface area contributed by atoms with E-state index in [0.717, 1.165) is 51.7 Å². The van der Waals surface area contributed by atoms with Gasteiger partial charge in [0.2, 0.25) is 0 Å². The normalized spacial score (nSPS) is 13.4. The standard InChI is InChI=1S/C24H25N3O2S/c1-18-11-12-24(30-18)23(28)17-27-13-5-7-19(16-27)22-15-20(25-26-22)8-6-14-29-21-9-3-2-4-10-21/h2-5,9-13,15-16H,6-8,14,17H2,1H3,(H,25,26). The van der Waals surface area contributed by atoms with Crippen LogP contribution in [0.1, 0.15) is 38.8 Å². The predicted octanol–water partition coefficient (Wildman–Crippen LogP) is 5.23. The molecule has 1 N–H and O–H groups in total. The SMILES string of the molecule is Cc1ccc(C(=O)CN2C=CCC(c3cc(CCCOc4ccccc4)[nH]n3)=C2)s1. The number of thiophene rings is 1.